The fraction of sp³-hybridized carbons (Fsp3) is 0.667. The lowest BCUT2D eigenvalue weighted by molar-refractivity contribution is -0.161. The van der Waals surface area contributed by atoms with E-state index in [9.17, 15) is 28.6 Å². The zero-order chi connectivity index (χ0) is 40.8. The van der Waals surface area contributed by atoms with Crippen molar-refractivity contribution in [2.24, 2.45) is 5.73 Å². The minimum absolute atomic E-state index is 0.0967. The monoisotopic (exact) mass is 795 g/mol. The highest BCUT2D eigenvalue weighted by Gasteiger charge is 2.28. The Labute approximate surface area is 330 Å². The number of esters is 2. The third-order valence-electron chi connectivity index (χ3n) is 8.21. The second-order valence-electron chi connectivity index (χ2n) is 13.4. The fourth-order valence-corrected chi connectivity index (χ4v) is 5.73. The Balaban J connectivity index is 4.65. The second kappa shape index (κ2) is 36.5. The van der Waals surface area contributed by atoms with E-state index in [1.807, 2.05) is 6.08 Å². The van der Waals surface area contributed by atoms with E-state index >= 15 is 0 Å². The van der Waals surface area contributed by atoms with E-state index in [0.717, 1.165) is 57.8 Å². The van der Waals surface area contributed by atoms with Gasteiger partial charge in [-0.25, -0.2) is 4.57 Å². The molecule has 0 aliphatic rings. The van der Waals surface area contributed by atoms with E-state index in [2.05, 4.69) is 54.8 Å². The third-order valence-corrected chi connectivity index (χ3v) is 9.17. The van der Waals surface area contributed by atoms with Crippen LogP contribution in [0.4, 0.5) is 0 Å². The molecule has 55 heavy (non-hydrogen) atoms. The van der Waals surface area contributed by atoms with Crippen molar-refractivity contribution in [3.8, 4) is 0 Å². The molecule has 3 atom stereocenters. The molecule has 0 saturated heterocycles. The summed E-state index contributed by atoms with van der Waals surface area (Å²) in [6, 6.07) is -1.56. The number of aliphatic carboxylic acids is 1. The lowest BCUT2D eigenvalue weighted by atomic mass is 10.1. The van der Waals surface area contributed by atoms with Crippen molar-refractivity contribution in [1.29, 1.82) is 0 Å². The number of carboxylic acid groups (broad SMARTS) is 1. The van der Waals surface area contributed by atoms with Crippen LogP contribution >= 0.6 is 7.82 Å². The van der Waals surface area contributed by atoms with Gasteiger partial charge in [0.25, 0.3) is 0 Å². The van der Waals surface area contributed by atoms with Crippen LogP contribution < -0.4 is 5.73 Å². The Bertz CT molecular complexity index is 1230. The van der Waals surface area contributed by atoms with Gasteiger partial charge in [0.2, 0.25) is 0 Å². The molecule has 4 N–H and O–H groups in total. The van der Waals surface area contributed by atoms with E-state index in [1.54, 1.807) is 12.2 Å². The minimum atomic E-state index is -4.78. The summed E-state index contributed by atoms with van der Waals surface area (Å²) < 4.78 is 32.4. The van der Waals surface area contributed by atoms with Crippen LogP contribution in [0.15, 0.2) is 60.8 Å². The van der Waals surface area contributed by atoms with Gasteiger partial charge in [0.1, 0.15) is 12.6 Å². The topological polar surface area (TPSA) is 189 Å². The van der Waals surface area contributed by atoms with Gasteiger partial charge in [-0.1, -0.05) is 120 Å². The number of ketones is 1. The summed E-state index contributed by atoms with van der Waals surface area (Å²) >= 11 is 0. The summed E-state index contributed by atoms with van der Waals surface area (Å²) in [5.41, 5.74) is 5.30. The Morgan fingerprint density at radius 3 is 1.82 bits per heavy atom. The zero-order valence-corrected chi connectivity index (χ0v) is 34.4. The first-order valence-corrected chi connectivity index (χ1v) is 21.8. The van der Waals surface area contributed by atoms with Crippen molar-refractivity contribution in [2.75, 3.05) is 19.8 Å². The van der Waals surface area contributed by atoms with Gasteiger partial charge in [-0.05, 0) is 70.3 Å². The van der Waals surface area contributed by atoms with Crippen LogP contribution in [0.25, 0.3) is 0 Å². The molecule has 12 nitrogen and oxygen atoms in total. The van der Waals surface area contributed by atoms with Crippen molar-refractivity contribution < 1.29 is 52.3 Å². The molecule has 1 unspecified atom stereocenters. The molecule has 0 aromatic heterocycles. The molecule has 0 saturated carbocycles. The van der Waals surface area contributed by atoms with Crippen molar-refractivity contribution >= 4 is 31.5 Å². The van der Waals surface area contributed by atoms with Gasteiger partial charge in [-0.15, -0.1) is 0 Å². The number of nitrogens with two attached hydrogens (primary N) is 1. The number of unbranched alkanes of at least 4 members (excludes halogenated alkanes) is 12. The SMILES string of the molecule is CCCCC/C=C\C/C=C\C/C=C\C=C\C(=O)CCCC(=O)O[C@H](COC(=O)CCCCCCC/C=C\CCCCCC)COP(=O)(O)OC[C@H](N)C(=O)O. The van der Waals surface area contributed by atoms with Crippen molar-refractivity contribution in [3.05, 3.63) is 60.8 Å². The smallest absolute Gasteiger partial charge is 0.472 e. The van der Waals surface area contributed by atoms with Crippen molar-refractivity contribution in [1.82, 2.24) is 0 Å². The van der Waals surface area contributed by atoms with Gasteiger partial charge in [0, 0.05) is 19.3 Å². The molecule has 0 aromatic carbocycles. The molecule has 0 rings (SSSR count). The first kappa shape index (κ1) is 51.9. The fourth-order valence-electron chi connectivity index (χ4n) is 4.95. The molecule has 0 aliphatic carbocycles. The van der Waals surface area contributed by atoms with Gasteiger partial charge in [-0.3, -0.25) is 28.2 Å². The number of ether oxygens (including phenoxy) is 2. The lowest BCUT2D eigenvalue weighted by Gasteiger charge is -2.20. The highest BCUT2D eigenvalue weighted by atomic mass is 31.2. The van der Waals surface area contributed by atoms with Gasteiger partial charge in [0.15, 0.2) is 11.9 Å². The number of hydrogen-bond donors (Lipinski definition) is 3. The molecule has 0 amide bonds. The number of allylic oxidation sites excluding steroid dienone is 10. The summed E-state index contributed by atoms with van der Waals surface area (Å²) in [5, 5.41) is 8.86. The number of phosphoric ester groups is 1. The molecule has 0 radical (unpaired) electrons. The van der Waals surface area contributed by atoms with E-state index in [-0.39, 0.29) is 31.5 Å². The molecule has 0 spiro atoms. The number of carbonyl (C=O) groups excluding carboxylic acids is 3. The van der Waals surface area contributed by atoms with Crippen molar-refractivity contribution in [3.63, 3.8) is 0 Å². The number of rotatable bonds is 37. The summed E-state index contributed by atoms with van der Waals surface area (Å²) in [6.45, 7) is 2.48. The van der Waals surface area contributed by atoms with Crippen LogP contribution in [0.5, 0.6) is 0 Å². The molecular weight excluding hydrogens is 725 g/mol. The highest BCUT2D eigenvalue weighted by molar-refractivity contribution is 7.47. The Kier molecular flexibility index (Phi) is 34.4. The normalized spacial score (nSPS) is 14.3. The Morgan fingerprint density at radius 2 is 1.15 bits per heavy atom. The maximum Gasteiger partial charge on any atom is 0.472 e. The second-order valence-corrected chi connectivity index (χ2v) is 14.9. The summed E-state index contributed by atoms with van der Waals surface area (Å²) in [6.07, 6.45) is 37.3. The maximum atomic E-state index is 12.6. The number of hydrogen-bond acceptors (Lipinski definition) is 10. The van der Waals surface area contributed by atoms with Crippen molar-refractivity contribution in [2.45, 2.75) is 161 Å². The zero-order valence-electron chi connectivity index (χ0n) is 33.5. The molecular formula is C42H70NO11P. The third kappa shape index (κ3) is 36.3. The van der Waals surface area contributed by atoms with Gasteiger partial charge >= 0.3 is 25.7 Å². The highest BCUT2D eigenvalue weighted by Crippen LogP contribution is 2.43. The lowest BCUT2D eigenvalue weighted by Crippen LogP contribution is -2.34. The quantitative estimate of drug-likeness (QED) is 0.0135. The van der Waals surface area contributed by atoms with Crippen LogP contribution in [0, 0.1) is 0 Å². The van der Waals surface area contributed by atoms with Crippen LogP contribution in [-0.2, 0) is 42.3 Å². The number of carboxylic acids is 1. The Morgan fingerprint density at radius 1 is 0.618 bits per heavy atom. The minimum Gasteiger partial charge on any atom is -0.480 e. The van der Waals surface area contributed by atoms with Crippen LogP contribution in [-0.4, -0.2) is 65.7 Å². The van der Waals surface area contributed by atoms with Crippen LogP contribution in [0.3, 0.4) is 0 Å². The number of phosphoric acid groups is 1. The molecule has 314 valence electrons. The van der Waals surface area contributed by atoms with E-state index in [4.69, 9.17) is 24.8 Å². The molecule has 0 heterocycles. The molecule has 0 bridgehead atoms. The average Bonchev–Trinajstić information content (AvgIpc) is 3.15. The molecule has 0 aliphatic heterocycles. The van der Waals surface area contributed by atoms with E-state index in [0.29, 0.717) is 6.42 Å². The summed E-state index contributed by atoms with van der Waals surface area (Å²) in [5.74, 6) is -2.85. The average molecular weight is 796 g/mol. The first-order chi connectivity index (χ1) is 26.5. The van der Waals surface area contributed by atoms with Gasteiger partial charge in [-0.2, -0.15) is 0 Å². The van der Waals surface area contributed by atoms with E-state index in [1.165, 1.54) is 51.0 Å². The largest absolute Gasteiger partial charge is 0.480 e. The van der Waals surface area contributed by atoms with Crippen LogP contribution in [0.1, 0.15) is 149 Å². The number of carbonyl (C=O) groups is 4. The molecule has 0 aromatic rings. The molecule has 0 fully saturated rings. The summed E-state index contributed by atoms with van der Waals surface area (Å²) in [7, 11) is -4.78. The Hall–Kier alpha value is -3.15. The van der Waals surface area contributed by atoms with E-state index < -0.39 is 57.7 Å². The molecule has 13 heteroatoms. The standard InChI is InChI=1S/C42H70NO11P/c1-3-5-7-9-11-13-15-17-19-21-23-25-27-30-37(44)31-29-33-41(46)54-38(35-52-55(49,50)53-36-39(43)42(47)48)34-51-40(45)32-28-26-24-22-20-18-16-14-12-10-8-6-4-2/h11,13-14,16-17,19,23,25,27,30,38-39H,3-10,12,15,18,20-22,24,26,28-29,31-36,43H2,1-2H3,(H,47,48)(H,49,50)/b13-11-,16-14-,19-17-,25-23-,30-27+/t38-,39+/m1/s1. The van der Waals surface area contributed by atoms with Gasteiger partial charge < -0.3 is 25.2 Å². The van der Waals surface area contributed by atoms with Gasteiger partial charge in [0.05, 0.1) is 13.2 Å². The predicted molar refractivity (Wildman–Crippen MR) is 217 cm³/mol. The summed E-state index contributed by atoms with van der Waals surface area (Å²) in [4.78, 5) is 58.0. The predicted octanol–water partition coefficient (Wildman–Crippen LogP) is 9.57. The first-order valence-electron chi connectivity index (χ1n) is 20.3. The maximum absolute atomic E-state index is 12.6. The van der Waals surface area contributed by atoms with Crippen LogP contribution in [0.2, 0.25) is 0 Å².